The number of aromatic nitrogens is 3. The summed E-state index contributed by atoms with van der Waals surface area (Å²) in [5.74, 6) is 0.228. The van der Waals surface area contributed by atoms with Gasteiger partial charge in [0.15, 0.2) is 5.15 Å². The Morgan fingerprint density at radius 1 is 1.39 bits per heavy atom. The van der Waals surface area contributed by atoms with Gasteiger partial charge >= 0.3 is 0 Å². The number of nitrogens with zero attached hydrogens (tertiary/aromatic N) is 3. The van der Waals surface area contributed by atoms with E-state index >= 15 is 0 Å². The van der Waals surface area contributed by atoms with E-state index in [1.807, 2.05) is 17.5 Å². The molecule has 3 rings (SSSR count). The predicted molar refractivity (Wildman–Crippen MR) is 90.8 cm³/mol. The van der Waals surface area contributed by atoms with E-state index in [-0.39, 0.29) is 11.1 Å². The SMILES string of the molecule is C[C@@H](Sc1nnc(-c2cccs2)o1)C(=O)Nc1cccnc1Cl. The maximum Gasteiger partial charge on any atom is 0.277 e. The number of nitrogens with one attached hydrogen (secondary N) is 1. The summed E-state index contributed by atoms with van der Waals surface area (Å²) in [6, 6.07) is 7.19. The lowest BCUT2D eigenvalue weighted by Crippen LogP contribution is -2.22. The molecule has 0 fully saturated rings. The third-order valence-electron chi connectivity index (χ3n) is 2.80. The third-order valence-corrected chi connectivity index (χ3v) is 4.90. The van der Waals surface area contributed by atoms with Gasteiger partial charge in [-0.2, -0.15) is 0 Å². The average Bonchev–Trinajstić information content (AvgIpc) is 3.20. The van der Waals surface area contributed by atoms with E-state index in [9.17, 15) is 4.79 Å². The molecule has 0 spiro atoms. The van der Waals surface area contributed by atoms with Crippen molar-refractivity contribution in [1.29, 1.82) is 0 Å². The van der Waals surface area contributed by atoms with Crippen LogP contribution in [0.4, 0.5) is 5.69 Å². The number of halogens is 1. The Bertz CT molecular complexity index is 807. The summed E-state index contributed by atoms with van der Waals surface area (Å²) in [4.78, 5) is 17.0. The number of rotatable bonds is 5. The zero-order valence-corrected chi connectivity index (χ0v) is 14.3. The number of hydrogen-bond donors (Lipinski definition) is 1. The van der Waals surface area contributed by atoms with Gasteiger partial charge in [-0.1, -0.05) is 29.4 Å². The first-order valence-corrected chi connectivity index (χ1v) is 8.72. The van der Waals surface area contributed by atoms with Gasteiger partial charge in [0, 0.05) is 6.20 Å². The Morgan fingerprint density at radius 2 is 2.26 bits per heavy atom. The number of thioether (sulfide) groups is 1. The molecule has 0 saturated carbocycles. The molecule has 1 N–H and O–H groups in total. The molecule has 3 heterocycles. The summed E-state index contributed by atoms with van der Waals surface area (Å²) in [7, 11) is 0. The average molecular weight is 367 g/mol. The highest BCUT2D eigenvalue weighted by atomic mass is 35.5. The summed E-state index contributed by atoms with van der Waals surface area (Å²) in [6.07, 6.45) is 1.56. The summed E-state index contributed by atoms with van der Waals surface area (Å²) < 4.78 is 5.56. The monoisotopic (exact) mass is 366 g/mol. The molecule has 1 amide bonds. The standard InChI is InChI=1S/C14H11ClN4O2S2/c1-8(12(20)17-9-4-2-6-16-11(9)15)23-14-19-18-13(21-14)10-5-3-7-22-10/h2-8H,1H3,(H,17,20)/t8-/m1/s1. The first-order valence-electron chi connectivity index (χ1n) is 6.59. The minimum Gasteiger partial charge on any atom is -0.410 e. The van der Waals surface area contributed by atoms with Gasteiger partial charge in [-0.15, -0.1) is 21.5 Å². The van der Waals surface area contributed by atoms with Gasteiger partial charge in [-0.05, 0) is 30.5 Å². The van der Waals surface area contributed by atoms with Crippen LogP contribution >= 0.6 is 34.7 Å². The minimum absolute atomic E-state index is 0.222. The van der Waals surface area contributed by atoms with Gasteiger partial charge < -0.3 is 9.73 Å². The Morgan fingerprint density at radius 3 is 3.00 bits per heavy atom. The Balaban J connectivity index is 1.64. The summed E-state index contributed by atoms with van der Waals surface area (Å²) >= 11 is 8.62. The smallest absolute Gasteiger partial charge is 0.277 e. The third kappa shape index (κ3) is 3.90. The molecule has 118 valence electrons. The van der Waals surface area contributed by atoms with Gasteiger partial charge in [0.2, 0.25) is 5.91 Å². The zero-order valence-electron chi connectivity index (χ0n) is 11.9. The molecule has 0 aromatic carbocycles. The summed E-state index contributed by atoms with van der Waals surface area (Å²) in [5, 5.41) is 12.7. The lowest BCUT2D eigenvalue weighted by Gasteiger charge is -2.10. The van der Waals surface area contributed by atoms with Crippen molar-refractivity contribution in [3.63, 3.8) is 0 Å². The van der Waals surface area contributed by atoms with Gasteiger partial charge in [0.25, 0.3) is 11.1 Å². The molecule has 23 heavy (non-hydrogen) atoms. The van der Waals surface area contributed by atoms with E-state index < -0.39 is 5.25 Å². The highest BCUT2D eigenvalue weighted by Gasteiger charge is 2.20. The van der Waals surface area contributed by atoms with Crippen molar-refractivity contribution >= 4 is 46.3 Å². The Hall–Kier alpha value is -1.90. The van der Waals surface area contributed by atoms with Crippen molar-refractivity contribution in [2.24, 2.45) is 0 Å². The number of amides is 1. The second-order valence-electron chi connectivity index (χ2n) is 4.44. The van der Waals surface area contributed by atoms with Crippen LogP contribution in [-0.4, -0.2) is 26.3 Å². The summed E-state index contributed by atoms with van der Waals surface area (Å²) in [6.45, 7) is 1.75. The van der Waals surface area contributed by atoms with E-state index in [1.54, 1.807) is 25.3 Å². The number of anilines is 1. The van der Waals surface area contributed by atoms with Gasteiger partial charge in [0.1, 0.15) is 0 Å². The van der Waals surface area contributed by atoms with Crippen molar-refractivity contribution in [2.45, 2.75) is 17.4 Å². The molecule has 0 aliphatic heterocycles. The van der Waals surface area contributed by atoms with E-state index in [1.165, 1.54) is 23.1 Å². The second kappa shape index (κ2) is 7.12. The molecule has 1 atom stereocenters. The molecular formula is C14H11ClN4O2S2. The quantitative estimate of drug-likeness (QED) is 0.543. The molecule has 0 radical (unpaired) electrons. The fourth-order valence-corrected chi connectivity index (χ4v) is 3.17. The molecule has 0 bridgehead atoms. The van der Waals surface area contributed by atoms with Crippen molar-refractivity contribution < 1.29 is 9.21 Å². The summed E-state index contributed by atoms with van der Waals surface area (Å²) in [5.41, 5.74) is 0.469. The first-order chi connectivity index (χ1) is 11.1. The number of carbonyl (C=O) groups is 1. The Kier molecular flexibility index (Phi) is 4.94. The maximum atomic E-state index is 12.2. The lowest BCUT2D eigenvalue weighted by atomic mass is 10.4. The predicted octanol–water partition coefficient (Wildman–Crippen LogP) is 3.97. The highest BCUT2D eigenvalue weighted by molar-refractivity contribution is 8.00. The number of carbonyl (C=O) groups excluding carboxylic acids is 1. The molecular weight excluding hydrogens is 356 g/mol. The fourth-order valence-electron chi connectivity index (χ4n) is 1.68. The first kappa shape index (κ1) is 16.0. The highest BCUT2D eigenvalue weighted by Crippen LogP contribution is 2.29. The molecule has 6 nitrogen and oxygen atoms in total. The normalized spacial score (nSPS) is 12.1. The van der Waals surface area contributed by atoms with Crippen molar-refractivity contribution in [3.05, 3.63) is 41.0 Å². The topological polar surface area (TPSA) is 80.9 Å². The number of thiophene rings is 1. The molecule has 0 aliphatic rings. The maximum absolute atomic E-state index is 12.2. The van der Waals surface area contributed by atoms with Crippen LogP contribution in [0.1, 0.15) is 6.92 Å². The van der Waals surface area contributed by atoms with Crippen LogP contribution in [0.15, 0.2) is 45.5 Å². The van der Waals surface area contributed by atoms with E-state index in [2.05, 4.69) is 20.5 Å². The molecule has 0 saturated heterocycles. The van der Waals surface area contributed by atoms with Crippen LogP contribution in [0.3, 0.4) is 0 Å². The molecule has 3 aromatic heterocycles. The van der Waals surface area contributed by atoms with Crippen LogP contribution in [0.25, 0.3) is 10.8 Å². The van der Waals surface area contributed by atoms with Gasteiger partial charge in [-0.3, -0.25) is 4.79 Å². The van der Waals surface area contributed by atoms with Crippen LogP contribution in [0.5, 0.6) is 0 Å². The van der Waals surface area contributed by atoms with Crippen LogP contribution in [0.2, 0.25) is 5.15 Å². The Labute approximate surface area is 145 Å². The number of hydrogen-bond acceptors (Lipinski definition) is 7. The van der Waals surface area contributed by atoms with Gasteiger partial charge in [0.05, 0.1) is 15.8 Å². The van der Waals surface area contributed by atoms with Gasteiger partial charge in [-0.25, -0.2) is 4.98 Å². The van der Waals surface area contributed by atoms with Crippen LogP contribution < -0.4 is 5.32 Å². The largest absolute Gasteiger partial charge is 0.410 e. The molecule has 3 aromatic rings. The van der Waals surface area contributed by atoms with Crippen LogP contribution in [-0.2, 0) is 4.79 Å². The molecule has 9 heteroatoms. The molecule has 0 unspecified atom stereocenters. The fraction of sp³-hybridized carbons (Fsp3) is 0.143. The van der Waals surface area contributed by atoms with E-state index in [0.29, 0.717) is 16.8 Å². The van der Waals surface area contributed by atoms with Crippen molar-refractivity contribution in [1.82, 2.24) is 15.2 Å². The second-order valence-corrected chi connectivity index (χ2v) is 7.04. The van der Waals surface area contributed by atoms with Crippen LogP contribution in [0, 0.1) is 0 Å². The molecule has 0 aliphatic carbocycles. The minimum atomic E-state index is -0.428. The van der Waals surface area contributed by atoms with E-state index in [0.717, 1.165) is 4.88 Å². The zero-order chi connectivity index (χ0) is 16.2. The number of pyridine rings is 1. The lowest BCUT2D eigenvalue weighted by molar-refractivity contribution is -0.115. The van der Waals surface area contributed by atoms with Crippen molar-refractivity contribution in [3.8, 4) is 10.8 Å². The van der Waals surface area contributed by atoms with Crippen molar-refractivity contribution in [2.75, 3.05) is 5.32 Å². The van der Waals surface area contributed by atoms with E-state index in [4.69, 9.17) is 16.0 Å².